The van der Waals surface area contributed by atoms with Gasteiger partial charge in [-0.2, -0.15) is 0 Å². The van der Waals surface area contributed by atoms with E-state index in [1.165, 1.54) is 0 Å². The van der Waals surface area contributed by atoms with E-state index in [1.54, 1.807) is 11.3 Å². The molecule has 0 radical (unpaired) electrons. The van der Waals surface area contributed by atoms with Crippen LogP contribution in [-0.4, -0.2) is 17.2 Å². The van der Waals surface area contributed by atoms with Crippen LogP contribution in [0.4, 0.5) is 0 Å². The Labute approximate surface area is 120 Å². The van der Waals surface area contributed by atoms with Crippen LogP contribution in [-0.2, 0) is 0 Å². The lowest BCUT2D eigenvalue weighted by atomic mass is 10.2. The van der Waals surface area contributed by atoms with Crippen molar-refractivity contribution >= 4 is 43.2 Å². The third-order valence-corrected chi connectivity index (χ3v) is 4.72. The summed E-state index contributed by atoms with van der Waals surface area (Å²) in [7, 11) is 1.88. The fraction of sp³-hybridized carbons (Fsp3) is 0.400. The average molecular weight is 381 g/mol. The predicted molar refractivity (Wildman–Crippen MR) is 75.1 cm³/mol. The largest absolute Gasteiger partial charge is 0.419 e. The molecule has 1 N–H and O–H groups in total. The zero-order valence-corrected chi connectivity index (χ0v) is 13.3. The standard InChI is InChI=1S/C10H11Br2N3OS/c1-3-6(13-2)10-15-14-9(16-10)5-4-7(11)17-8(5)12/h4,6,13H,3H2,1-2H3. The van der Waals surface area contributed by atoms with Gasteiger partial charge in [0.05, 0.1) is 19.2 Å². The number of aromatic nitrogens is 2. The molecular formula is C10H11Br2N3OS. The normalized spacial score (nSPS) is 12.9. The fourth-order valence-electron chi connectivity index (χ4n) is 1.47. The Kier molecular flexibility index (Phi) is 4.35. The molecule has 0 spiro atoms. The predicted octanol–water partition coefficient (Wildman–Crippen LogP) is 3.99. The van der Waals surface area contributed by atoms with Gasteiger partial charge in [0.15, 0.2) is 0 Å². The lowest BCUT2D eigenvalue weighted by molar-refractivity contribution is 0.415. The molecule has 0 saturated heterocycles. The molecule has 0 bridgehead atoms. The first-order chi connectivity index (χ1) is 8.15. The maximum absolute atomic E-state index is 5.68. The summed E-state index contributed by atoms with van der Waals surface area (Å²) in [5, 5.41) is 11.3. The molecule has 2 rings (SSSR count). The van der Waals surface area contributed by atoms with Gasteiger partial charge in [0.2, 0.25) is 11.8 Å². The molecule has 2 aromatic heterocycles. The van der Waals surface area contributed by atoms with E-state index in [-0.39, 0.29) is 6.04 Å². The van der Waals surface area contributed by atoms with E-state index in [0.717, 1.165) is 19.6 Å². The summed E-state index contributed by atoms with van der Waals surface area (Å²) in [5.41, 5.74) is 0.923. The molecule has 0 aromatic carbocycles. The van der Waals surface area contributed by atoms with Crippen molar-refractivity contribution in [1.82, 2.24) is 15.5 Å². The van der Waals surface area contributed by atoms with Crippen LogP contribution in [0.2, 0.25) is 0 Å². The minimum atomic E-state index is 0.108. The van der Waals surface area contributed by atoms with Crippen LogP contribution in [0.15, 0.2) is 18.1 Å². The molecule has 4 nitrogen and oxygen atoms in total. The highest BCUT2D eigenvalue weighted by atomic mass is 79.9. The van der Waals surface area contributed by atoms with Gasteiger partial charge in [-0.1, -0.05) is 6.92 Å². The Morgan fingerprint density at radius 3 is 2.76 bits per heavy atom. The Morgan fingerprint density at radius 1 is 1.47 bits per heavy atom. The number of rotatable bonds is 4. The molecule has 0 aliphatic heterocycles. The van der Waals surface area contributed by atoms with Gasteiger partial charge in [0, 0.05) is 0 Å². The summed E-state index contributed by atoms with van der Waals surface area (Å²) < 4.78 is 7.69. The third-order valence-electron chi connectivity index (χ3n) is 2.38. The van der Waals surface area contributed by atoms with Gasteiger partial charge < -0.3 is 9.73 Å². The molecule has 0 saturated carbocycles. The lowest BCUT2D eigenvalue weighted by Gasteiger charge is -2.06. The first-order valence-corrected chi connectivity index (χ1v) is 7.51. The Bertz CT molecular complexity index is 507. The van der Waals surface area contributed by atoms with E-state index in [9.17, 15) is 0 Å². The summed E-state index contributed by atoms with van der Waals surface area (Å²) in [6, 6.07) is 2.07. The SMILES string of the molecule is CCC(NC)c1nnc(-c2cc(Br)sc2Br)o1. The van der Waals surface area contributed by atoms with Gasteiger partial charge in [-0.05, 0) is 51.4 Å². The van der Waals surface area contributed by atoms with Crippen LogP contribution in [0.25, 0.3) is 11.5 Å². The van der Waals surface area contributed by atoms with Gasteiger partial charge in [0.25, 0.3) is 0 Å². The zero-order valence-electron chi connectivity index (χ0n) is 9.33. The highest BCUT2D eigenvalue weighted by molar-refractivity contribution is 9.12. The fourth-order valence-corrected chi connectivity index (χ4v) is 4.25. The molecule has 1 atom stereocenters. The lowest BCUT2D eigenvalue weighted by Crippen LogP contribution is -2.15. The average Bonchev–Trinajstić information content (AvgIpc) is 2.87. The van der Waals surface area contributed by atoms with Crippen molar-refractivity contribution in [2.75, 3.05) is 7.05 Å². The summed E-state index contributed by atoms with van der Waals surface area (Å²) in [5.74, 6) is 1.17. The molecule has 0 amide bonds. The molecule has 0 aliphatic carbocycles. The second-order valence-electron chi connectivity index (χ2n) is 3.43. The van der Waals surface area contributed by atoms with E-state index < -0.39 is 0 Å². The van der Waals surface area contributed by atoms with E-state index in [2.05, 4.69) is 54.3 Å². The molecule has 1 unspecified atom stereocenters. The number of thiophene rings is 1. The quantitative estimate of drug-likeness (QED) is 0.870. The zero-order chi connectivity index (χ0) is 12.4. The number of halogens is 2. The molecule has 0 fully saturated rings. The summed E-state index contributed by atoms with van der Waals surface area (Å²) in [6.45, 7) is 2.07. The van der Waals surface area contributed by atoms with Crippen molar-refractivity contribution in [2.45, 2.75) is 19.4 Å². The van der Waals surface area contributed by atoms with Gasteiger partial charge in [0.1, 0.15) is 0 Å². The van der Waals surface area contributed by atoms with E-state index in [1.807, 2.05) is 13.1 Å². The highest BCUT2D eigenvalue weighted by Crippen LogP contribution is 2.38. The Hall–Kier alpha value is -0.240. The van der Waals surface area contributed by atoms with E-state index >= 15 is 0 Å². The van der Waals surface area contributed by atoms with E-state index in [4.69, 9.17) is 4.42 Å². The summed E-state index contributed by atoms with van der Waals surface area (Å²) in [6.07, 6.45) is 0.909. The summed E-state index contributed by atoms with van der Waals surface area (Å²) >= 11 is 8.49. The maximum atomic E-state index is 5.68. The second-order valence-corrected chi connectivity index (χ2v) is 7.18. The number of hydrogen-bond donors (Lipinski definition) is 1. The molecule has 92 valence electrons. The van der Waals surface area contributed by atoms with Crippen molar-refractivity contribution in [1.29, 1.82) is 0 Å². The summed E-state index contributed by atoms with van der Waals surface area (Å²) in [4.78, 5) is 0. The monoisotopic (exact) mass is 379 g/mol. The van der Waals surface area contributed by atoms with Crippen LogP contribution in [0.1, 0.15) is 25.3 Å². The topological polar surface area (TPSA) is 51.0 Å². The van der Waals surface area contributed by atoms with E-state index in [0.29, 0.717) is 11.8 Å². The maximum Gasteiger partial charge on any atom is 0.249 e. The van der Waals surface area contributed by atoms with Crippen molar-refractivity contribution in [3.8, 4) is 11.5 Å². The second kappa shape index (κ2) is 5.60. The minimum Gasteiger partial charge on any atom is -0.419 e. The number of nitrogens with zero attached hydrogens (tertiary/aromatic N) is 2. The molecule has 2 aromatic rings. The van der Waals surface area contributed by atoms with Crippen molar-refractivity contribution in [3.63, 3.8) is 0 Å². The van der Waals surface area contributed by atoms with Crippen LogP contribution in [0.5, 0.6) is 0 Å². The number of nitrogens with one attached hydrogen (secondary N) is 1. The minimum absolute atomic E-state index is 0.108. The van der Waals surface area contributed by atoms with Crippen molar-refractivity contribution < 1.29 is 4.42 Å². The van der Waals surface area contributed by atoms with Crippen molar-refractivity contribution in [3.05, 3.63) is 19.5 Å². The molecular weight excluding hydrogens is 370 g/mol. The Balaban J connectivity index is 2.32. The van der Waals surface area contributed by atoms with Crippen molar-refractivity contribution in [2.24, 2.45) is 0 Å². The van der Waals surface area contributed by atoms with Gasteiger partial charge in [-0.3, -0.25) is 0 Å². The van der Waals surface area contributed by atoms with Crippen LogP contribution < -0.4 is 5.32 Å². The van der Waals surface area contributed by atoms with Crippen LogP contribution in [0.3, 0.4) is 0 Å². The smallest absolute Gasteiger partial charge is 0.249 e. The van der Waals surface area contributed by atoms with Gasteiger partial charge in [-0.15, -0.1) is 21.5 Å². The Morgan fingerprint density at radius 2 is 2.24 bits per heavy atom. The van der Waals surface area contributed by atoms with Crippen LogP contribution >= 0.6 is 43.2 Å². The van der Waals surface area contributed by atoms with Gasteiger partial charge in [-0.25, -0.2) is 0 Å². The molecule has 17 heavy (non-hydrogen) atoms. The van der Waals surface area contributed by atoms with Gasteiger partial charge >= 0.3 is 0 Å². The molecule has 2 heterocycles. The third kappa shape index (κ3) is 2.78. The first kappa shape index (κ1) is 13.2. The molecule has 0 aliphatic rings. The highest BCUT2D eigenvalue weighted by Gasteiger charge is 2.18. The first-order valence-electron chi connectivity index (χ1n) is 5.11. The van der Waals surface area contributed by atoms with Crippen LogP contribution in [0, 0.1) is 0 Å². The number of hydrogen-bond acceptors (Lipinski definition) is 5. The molecule has 7 heteroatoms.